The van der Waals surface area contributed by atoms with Crippen LogP contribution in [-0.2, 0) is 14.3 Å². The Kier molecular flexibility index (Phi) is 6.03. The van der Waals surface area contributed by atoms with E-state index in [1.165, 1.54) is 13.2 Å². The quantitative estimate of drug-likeness (QED) is 0.284. The minimum absolute atomic E-state index is 0.00653. The molecule has 1 aromatic rings. The van der Waals surface area contributed by atoms with Gasteiger partial charge in [-0.2, -0.15) is 0 Å². The number of benzene rings is 1. The minimum Gasteiger partial charge on any atom is -0.502 e. The van der Waals surface area contributed by atoms with E-state index in [9.17, 15) is 14.7 Å². The molecule has 0 radical (unpaired) electrons. The number of carbonyl (C=O) groups is 2. The fraction of sp³-hybridized carbons (Fsp3) is 0.200. The molecule has 20 heavy (non-hydrogen) atoms. The summed E-state index contributed by atoms with van der Waals surface area (Å²) in [5.74, 6) is -1.79. The molecule has 0 saturated carbocycles. The lowest BCUT2D eigenvalue weighted by Gasteiger charge is -2.04. The summed E-state index contributed by atoms with van der Waals surface area (Å²) in [4.78, 5) is 23.3. The summed E-state index contributed by atoms with van der Waals surface area (Å²) in [5.41, 5.74) is 0.449. The van der Waals surface area contributed by atoms with Gasteiger partial charge in [0.1, 0.15) is 0 Å². The van der Waals surface area contributed by atoms with E-state index < -0.39 is 11.7 Å². The van der Waals surface area contributed by atoms with E-state index >= 15 is 0 Å². The van der Waals surface area contributed by atoms with E-state index in [0.29, 0.717) is 5.56 Å². The van der Waals surface area contributed by atoms with E-state index in [1.807, 2.05) is 0 Å². The third-order valence-electron chi connectivity index (χ3n) is 2.36. The molecule has 106 valence electrons. The zero-order chi connectivity index (χ0) is 15.0. The van der Waals surface area contributed by atoms with Crippen LogP contribution in [0.15, 0.2) is 54.0 Å². The van der Waals surface area contributed by atoms with Crippen LogP contribution in [0.3, 0.4) is 0 Å². The van der Waals surface area contributed by atoms with Gasteiger partial charge in [0.15, 0.2) is 5.76 Å². The number of ether oxygens (including phenoxy) is 2. The molecule has 0 aromatic heterocycles. The number of Topliss-reactive ketones (excluding diaryl/α,β-unsaturated/α-hetero) is 1. The summed E-state index contributed by atoms with van der Waals surface area (Å²) < 4.78 is 9.56. The van der Waals surface area contributed by atoms with Crippen LogP contribution in [0.25, 0.3) is 0 Å². The van der Waals surface area contributed by atoms with Gasteiger partial charge in [0, 0.05) is 5.56 Å². The fourth-order valence-corrected chi connectivity index (χ4v) is 1.40. The first kappa shape index (κ1) is 15.5. The minimum atomic E-state index is -0.855. The Morgan fingerprint density at radius 2 is 1.85 bits per heavy atom. The molecule has 1 aromatic carbocycles. The SMILES string of the molecule is CCOC(=O)C(O)=CC=C(OC)C(=O)c1ccccc1. The molecule has 0 amide bonds. The summed E-state index contributed by atoms with van der Waals surface area (Å²) in [6.45, 7) is 1.78. The zero-order valence-electron chi connectivity index (χ0n) is 11.3. The molecule has 0 atom stereocenters. The number of rotatable bonds is 6. The Morgan fingerprint density at radius 1 is 1.20 bits per heavy atom. The number of allylic oxidation sites excluding steroid dienone is 3. The highest BCUT2D eigenvalue weighted by atomic mass is 16.5. The predicted molar refractivity (Wildman–Crippen MR) is 73.2 cm³/mol. The van der Waals surface area contributed by atoms with Gasteiger partial charge in [0.2, 0.25) is 11.5 Å². The van der Waals surface area contributed by atoms with Crippen LogP contribution in [0.4, 0.5) is 0 Å². The Bertz CT molecular complexity index is 528. The van der Waals surface area contributed by atoms with Gasteiger partial charge in [-0.3, -0.25) is 4.79 Å². The maximum Gasteiger partial charge on any atom is 0.373 e. The van der Waals surface area contributed by atoms with E-state index in [1.54, 1.807) is 37.3 Å². The topological polar surface area (TPSA) is 72.8 Å². The van der Waals surface area contributed by atoms with Crippen molar-refractivity contribution >= 4 is 11.8 Å². The lowest BCUT2D eigenvalue weighted by atomic mass is 10.1. The maximum absolute atomic E-state index is 12.1. The second kappa shape index (κ2) is 7.78. The lowest BCUT2D eigenvalue weighted by molar-refractivity contribution is -0.141. The lowest BCUT2D eigenvalue weighted by Crippen LogP contribution is -2.08. The largest absolute Gasteiger partial charge is 0.502 e. The predicted octanol–water partition coefficient (Wildman–Crippen LogP) is 2.40. The van der Waals surface area contributed by atoms with Crippen molar-refractivity contribution in [3.05, 3.63) is 59.6 Å². The first-order chi connectivity index (χ1) is 9.60. The summed E-state index contributed by atoms with van der Waals surface area (Å²) in [7, 11) is 1.34. The van der Waals surface area contributed by atoms with Crippen LogP contribution in [0.1, 0.15) is 17.3 Å². The normalized spacial score (nSPS) is 11.9. The van der Waals surface area contributed by atoms with E-state index in [-0.39, 0.29) is 18.1 Å². The van der Waals surface area contributed by atoms with Gasteiger partial charge in [-0.15, -0.1) is 0 Å². The van der Waals surface area contributed by atoms with Gasteiger partial charge in [0.25, 0.3) is 0 Å². The fourth-order valence-electron chi connectivity index (χ4n) is 1.40. The number of aliphatic hydroxyl groups excluding tert-OH is 1. The van der Waals surface area contributed by atoms with Crippen molar-refractivity contribution in [3.63, 3.8) is 0 Å². The van der Waals surface area contributed by atoms with Gasteiger partial charge in [0.05, 0.1) is 13.7 Å². The average molecular weight is 276 g/mol. The van der Waals surface area contributed by atoms with Crippen molar-refractivity contribution < 1.29 is 24.2 Å². The molecule has 0 bridgehead atoms. The number of aliphatic hydroxyl groups is 1. The van der Waals surface area contributed by atoms with Crippen LogP contribution in [0.2, 0.25) is 0 Å². The van der Waals surface area contributed by atoms with Crippen LogP contribution < -0.4 is 0 Å². The van der Waals surface area contributed by atoms with Crippen LogP contribution in [0, 0.1) is 0 Å². The van der Waals surface area contributed by atoms with Gasteiger partial charge in [-0.05, 0) is 19.1 Å². The second-order valence-corrected chi connectivity index (χ2v) is 3.70. The number of hydrogen-bond acceptors (Lipinski definition) is 5. The van der Waals surface area contributed by atoms with E-state index in [0.717, 1.165) is 6.08 Å². The third kappa shape index (κ3) is 4.28. The number of hydrogen-bond donors (Lipinski definition) is 1. The number of esters is 1. The summed E-state index contributed by atoms with van der Waals surface area (Å²) >= 11 is 0. The van der Waals surface area contributed by atoms with Gasteiger partial charge >= 0.3 is 5.97 Å². The molecular weight excluding hydrogens is 260 g/mol. The molecule has 5 nitrogen and oxygen atoms in total. The standard InChI is InChI=1S/C15H16O5/c1-3-20-15(18)12(16)9-10-13(19-2)14(17)11-7-5-4-6-8-11/h4-10,16H,3H2,1-2H3. The van der Waals surface area contributed by atoms with Crippen molar-refractivity contribution in [3.8, 4) is 0 Å². The number of ketones is 1. The van der Waals surface area contributed by atoms with Gasteiger partial charge in [-0.1, -0.05) is 30.3 Å². The number of carbonyl (C=O) groups excluding carboxylic acids is 2. The molecular formula is C15H16O5. The maximum atomic E-state index is 12.1. The average Bonchev–Trinajstić information content (AvgIpc) is 2.48. The zero-order valence-corrected chi connectivity index (χ0v) is 11.3. The molecule has 0 aliphatic heterocycles. The first-order valence-corrected chi connectivity index (χ1v) is 6.02. The summed E-state index contributed by atoms with van der Waals surface area (Å²) in [6, 6.07) is 8.53. The second-order valence-electron chi connectivity index (χ2n) is 3.70. The Labute approximate surface area is 117 Å². The highest BCUT2D eigenvalue weighted by Crippen LogP contribution is 2.09. The Morgan fingerprint density at radius 3 is 2.40 bits per heavy atom. The molecule has 5 heteroatoms. The molecule has 0 fully saturated rings. The van der Waals surface area contributed by atoms with Gasteiger partial charge in [-0.25, -0.2) is 4.79 Å². The van der Waals surface area contributed by atoms with E-state index in [4.69, 9.17) is 4.74 Å². The molecule has 0 heterocycles. The molecule has 1 rings (SSSR count). The monoisotopic (exact) mass is 276 g/mol. The molecule has 1 N–H and O–H groups in total. The highest BCUT2D eigenvalue weighted by molar-refractivity contribution is 6.07. The molecule has 0 aliphatic rings. The van der Waals surface area contributed by atoms with Crippen molar-refractivity contribution in [1.29, 1.82) is 0 Å². The summed E-state index contributed by atoms with van der Waals surface area (Å²) in [6.07, 6.45) is 2.29. The number of methoxy groups -OCH3 is 1. The Balaban J connectivity index is 2.91. The highest BCUT2D eigenvalue weighted by Gasteiger charge is 2.12. The van der Waals surface area contributed by atoms with Crippen LogP contribution in [-0.4, -0.2) is 30.6 Å². The van der Waals surface area contributed by atoms with Crippen LogP contribution in [0.5, 0.6) is 0 Å². The van der Waals surface area contributed by atoms with Crippen molar-refractivity contribution in [2.75, 3.05) is 13.7 Å². The molecule has 0 aliphatic carbocycles. The van der Waals surface area contributed by atoms with Crippen molar-refractivity contribution in [2.45, 2.75) is 6.92 Å². The van der Waals surface area contributed by atoms with Crippen LogP contribution >= 0.6 is 0 Å². The van der Waals surface area contributed by atoms with Crippen molar-refractivity contribution in [1.82, 2.24) is 0 Å². The molecule has 0 spiro atoms. The third-order valence-corrected chi connectivity index (χ3v) is 2.36. The Hall–Kier alpha value is -2.56. The van der Waals surface area contributed by atoms with Gasteiger partial charge < -0.3 is 14.6 Å². The van der Waals surface area contributed by atoms with Crippen molar-refractivity contribution in [2.24, 2.45) is 0 Å². The smallest absolute Gasteiger partial charge is 0.373 e. The molecule has 0 saturated heterocycles. The van der Waals surface area contributed by atoms with E-state index in [2.05, 4.69) is 4.74 Å². The first-order valence-electron chi connectivity index (χ1n) is 6.02. The molecule has 0 unspecified atom stereocenters. The summed E-state index contributed by atoms with van der Waals surface area (Å²) in [5, 5.41) is 9.42.